The van der Waals surface area contributed by atoms with E-state index in [2.05, 4.69) is 5.32 Å². The minimum atomic E-state index is -0.502. The number of amides is 1. The molecule has 0 aliphatic carbocycles. The summed E-state index contributed by atoms with van der Waals surface area (Å²) in [6.07, 6.45) is 0.146. The Labute approximate surface area is 101 Å². The van der Waals surface area contributed by atoms with Crippen LogP contribution in [0.1, 0.15) is 27.2 Å². The molecule has 0 aromatic carbocycles. The highest BCUT2D eigenvalue weighted by molar-refractivity contribution is 5.86. The molecule has 2 heterocycles. The van der Waals surface area contributed by atoms with Gasteiger partial charge in [0.05, 0.1) is 31.6 Å². The maximum Gasteiger partial charge on any atom is 0.307 e. The van der Waals surface area contributed by atoms with E-state index in [1.165, 1.54) is 0 Å². The largest absolute Gasteiger partial charge is 0.460 e. The highest BCUT2D eigenvalue weighted by Gasteiger charge is 2.46. The molecule has 2 aliphatic heterocycles. The van der Waals surface area contributed by atoms with E-state index in [0.717, 1.165) is 0 Å². The van der Waals surface area contributed by atoms with Crippen molar-refractivity contribution >= 4 is 11.9 Å². The predicted octanol–water partition coefficient (Wildman–Crippen LogP) is 0.479. The van der Waals surface area contributed by atoms with Crippen molar-refractivity contribution < 1.29 is 19.1 Å². The first-order chi connectivity index (χ1) is 7.87. The van der Waals surface area contributed by atoms with Gasteiger partial charge in [-0.05, 0) is 20.8 Å². The van der Waals surface area contributed by atoms with Crippen molar-refractivity contribution in [2.24, 2.45) is 11.8 Å². The zero-order valence-electron chi connectivity index (χ0n) is 10.5. The van der Waals surface area contributed by atoms with Crippen molar-refractivity contribution in [1.29, 1.82) is 0 Å². The third-order valence-corrected chi connectivity index (χ3v) is 3.11. The van der Waals surface area contributed by atoms with Gasteiger partial charge in [0.25, 0.3) is 0 Å². The Morgan fingerprint density at radius 2 is 2.18 bits per heavy atom. The van der Waals surface area contributed by atoms with E-state index < -0.39 is 5.60 Å². The van der Waals surface area contributed by atoms with Crippen LogP contribution in [0, 0.1) is 11.8 Å². The number of carbonyl (C=O) groups is 2. The van der Waals surface area contributed by atoms with Crippen LogP contribution in [0.2, 0.25) is 0 Å². The fraction of sp³-hybridized carbons (Fsp3) is 0.833. The van der Waals surface area contributed by atoms with Crippen molar-refractivity contribution in [2.45, 2.75) is 38.8 Å². The first kappa shape index (κ1) is 12.4. The van der Waals surface area contributed by atoms with Crippen LogP contribution in [0.4, 0.5) is 0 Å². The second-order valence-corrected chi connectivity index (χ2v) is 5.71. The van der Waals surface area contributed by atoms with Crippen LogP contribution in [0.15, 0.2) is 0 Å². The van der Waals surface area contributed by atoms with E-state index in [1.807, 2.05) is 20.8 Å². The lowest BCUT2D eigenvalue weighted by atomic mass is 9.90. The zero-order chi connectivity index (χ0) is 12.6. The molecule has 1 amide bonds. The lowest BCUT2D eigenvalue weighted by Crippen LogP contribution is -2.30. The van der Waals surface area contributed by atoms with Crippen LogP contribution in [0.5, 0.6) is 0 Å². The molecule has 2 saturated heterocycles. The number of carbonyl (C=O) groups excluding carboxylic acids is 2. The minimum absolute atomic E-state index is 0.0471. The van der Waals surface area contributed by atoms with Crippen LogP contribution in [-0.2, 0) is 19.1 Å². The van der Waals surface area contributed by atoms with Crippen molar-refractivity contribution in [3.8, 4) is 0 Å². The second-order valence-electron chi connectivity index (χ2n) is 5.71. The molecule has 2 fully saturated rings. The molecule has 2 rings (SSSR count). The molecule has 0 bridgehead atoms. The SMILES string of the molecule is CC(C)(C)OC(=O)C[C@@H]1C(=O)N[C@@H]2COC[C@H]12. The standard InChI is InChI=1S/C12H19NO4/c1-12(2,3)17-10(14)4-7-8-5-16-6-9(8)13-11(7)15/h7-9H,4-6H2,1-3H3,(H,13,15)/t7-,8+,9+/m0/s1. The van der Waals surface area contributed by atoms with Gasteiger partial charge in [-0.2, -0.15) is 0 Å². The Hall–Kier alpha value is -1.10. The van der Waals surface area contributed by atoms with Crippen molar-refractivity contribution in [3.63, 3.8) is 0 Å². The second kappa shape index (κ2) is 4.29. The van der Waals surface area contributed by atoms with Gasteiger partial charge in [-0.3, -0.25) is 9.59 Å². The molecule has 1 N–H and O–H groups in total. The molecule has 5 nitrogen and oxygen atoms in total. The maximum absolute atomic E-state index is 11.7. The summed E-state index contributed by atoms with van der Waals surface area (Å²) >= 11 is 0. The van der Waals surface area contributed by atoms with E-state index in [9.17, 15) is 9.59 Å². The Balaban J connectivity index is 1.94. The van der Waals surface area contributed by atoms with Gasteiger partial charge in [0.1, 0.15) is 5.60 Å². The molecule has 0 spiro atoms. The Morgan fingerprint density at radius 3 is 2.82 bits per heavy atom. The number of fused-ring (bicyclic) bond motifs is 1. The third kappa shape index (κ3) is 2.77. The molecule has 3 atom stereocenters. The number of rotatable bonds is 2. The molecule has 0 aromatic rings. The normalized spacial score (nSPS) is 32.2. The highest BCUT2D eigenvalue weighted by Crippen LogP contribution is 2.31. The molecule has 0 radical (unpaired) electrons. The van der Waals surface area contributed by atoms with E-state index >= 15 is 0 Å². The van der Waals surface area contributed by atoms with Crippen LogP contribution >= 0.6 is 0 Å². The minimum Gasteiger partial charge on any atom is -0.460 e. The summed E-state index contributed by atoms with van der Waals surface area (Å²) in [7, 11) is 0. The fourth-order valence-electron chi connectivity index (χ4n) is 2.41. The summed E-state index contributed by atoms with van der Waals surface area (Å²) < 4.78 is 10.5. The van der Waals surface area contributed by atoms with Gasteiger partial charge in [0, 0.05) is 5.92 Å². The van der Waals surface area contributed by atoms with E-state index in [1.54, 1.807) is 0 Å². The lowest BCUT2D eigenvalue weighted by molar-refractivity contribution is -0.157. The van der Waals surface area contributed by atoms with Gasteiger partial charge in [0.2, 0.25) is 5.91 Å². The summed E-state index contributed by atoms with van der Waals surface area (Å²) in [5.74, 6) is -0.535. The van der Waals surface area contributed by atoms with Gasteiger partial charge < -0.3 is 14.8 Å². The Morgan fingerprint density at radius 1 is 1.47 bits per heavy atom. The molecule has 2 aliphatic rings. The van der Waals surface area contributed by atoms with Crippen molar-refractivity contribution in [2.75, 3.05) is 13.2 Å². The first-order valence-electron chi connectivity index (χ1n) is 5.97. The summed E-state index contributed by atoms with van der Waals surface area (Å²) in [6, 6.07) is 0.0786. The van der Waals surface area contributed by atoms with Gasteiger partial charge in [-0.25, -0.2) is 0 Å². The van der Waals surface area contributed by atoms with Crippen LogP contribution in [0.25, 0.3) is 0 Å². The smallest absolute Gasteiger partial charge is 0.307 e. The summed E-state index contributed by atoms with van der Waals surface area (Å²) in [4.78, 5) is 23.4. The van der Waals surface area contributed by atoms with E-state index in [-0.39, 0.29) is 36.2 Å². The molecule has 0 saturated carbocycles. The fourth-order valence-corrected chi connectivity index (χ4v) is 2.41. The first-order valence-corrected chi connectivity index (χ1v) is 5.97. The quantitative estimate of drug-likeness (QED) is 0.714. The number of nitrogens with one attached hydrogen (secondary N) is 1. The van der Waals surface area contributed by atoms with Gasteiger partial charge in [0.15, 0.2) is 0 Å². The molecule has 0 aromatic heterocycles. The topological polar surface area (TPSA) is 64.6 Å². The zero-order valence-corrected chi connectivity index (χ0v) is 10.5. The molecule has 5 heteroatoms. The Bertz CT molecular complexity index is 334. The molecule has 17 heavy (non-hydrogen) atoms. The predicted molar refractivity (Wildman–Crippen MR) is 60.2 cm³/mol. The van der Waals surface area contributed by atoms with Crippen LogP contribution < -0.4 is 5.32 Å². The number of esters is 1. The van der Waals surface area contributed by atoms with Gasteiger partial charge >= 0.3 is 5.97 Å². The summed E-state index contributed by atoms with van der Waals surface area (Å²) in [5, 5.41) is 2.86. The number of hydrogen-bond donors (Lipinski definition) is 1. The Kier molecular flexibility index (Phi) is 3.12. The number of ether oxygens (including phenoxy) is 2. The summed E-state index contributed by atoms with van der Waals surface area (Å²) in [6.45, 7) is 6.57. The van der Waals surface area contributed by atoms with E-state index in [4.69, 9.17) is 9.47 Å². The molecular formula is C12H19NO4. The average Bonchev–Trinajstić information content (AvgIpc) is 2.67. The molecule has 96 valence electrons. The van der Waals surface area contributed by atoms with E-state index in [0.29, 0.717) is 13.2 Å². The molecular weight excluding hydrogens is 222 g/mol. The van der Waals surface area contributed by atoms with Crippen LogP contribution in [-0.4, -0.2) is 36.7 Å². The van der Waals surface area contributed by atoms with Crippen molar-refractivity contribution in [3.05, 3.63) is 0 Å². The lowest BCUT2D eigenvalue weighted by Gasteiger charge is -2.21. The summed E-state index contributed by atoms with van der Waals surface area (Å²) in [5.41, 5.74) is -0.502. The van der Waals surface area contributed by atoms with Gasteiger partial charge in [-0.15, -0.1) is 0 Å². The maximum atomic E-state index is 11.7. The van der Waals surface area contributed by atoms with Crippen molar-refractivity contribution in [1.82, 2.24) is 5.32 Å². The monoisotopic (exact) mass is 241 g/mol. The third-order valence-electron chi connectivity index (χ3n) is 3.11. The highest BCUT2D eigenvalue weighted by atomic mass is 16.6. The number of hydrogen-bond acceptors (Lipinski definition) is 4. The average molecular weight is 241 g/mol. The molecule has 0 unspecified atom stereocenters. The van der Waals surface area contributed by atoms with Gasteiger partial charge in [-0.1, -0.05) is 0 Å². The van der Waals surface area contributed by atoms with Crippen LogP contribution in [0.3, 0.4) is 0 Å².